The van der Waals surface area contributed by atoms with E-state index in [1.807, 2.05) is 51.1 Å². The van der Waals surface area contributed by atoms with E-state index >= 15 is 0 Å². The average molecular weight is 572 g/mol. The van der Waals surface area contributed by atoms with Crippen molar-refractivity contribution < 1.29 is 27.9 Å². The summed E-state index contributed by atoms with van der Waals surface area (Å²) in [4.78, 5) is 33.4. The number of alkyl halides is 3. The standard InChI is InChI=1S/C32H40F3N3O3/c1-31(2,3)25-26(37-24-18-22(32(33,34)35)17-23(36-24)19-15-10-16-19)27(20-11-6-4-7-12-20)38(28(25)30(40)41)29(39)21-13-8-5-9-14-21/h4,6-7,11-12,17-19,21,25-28H,5,8-10,13-16H2,1-3H3,(H,36,37)(H,40,41)/t25-,26-,27-,28-/m0/s1. The molecule has 2 heterocycles. The molecule has 1 saturated heterocycles. The van der Waals surface area contributed by atoms with E-state index in [-0.39, 0.29) is 23.6 Å². The molecule has 4 atom stereocenters. The highest BCUT2D eigenvalue weighted by Crippen LogP contribution is 2.50. The van der Waals surface area contributed by atoms with Crippen molar-refractivity contribution in [2.75, 3.05) is 5.32 Å². The fourth-order valence-electron chi connectivity index (χ4n) is 7.09. The molecule has 6 nitrogen and oxygen atoms in total. The zero-order valence-electron chi connectivity index (χ0n) is 24.0. The fourth-order valence-corrected chi connectivity index (χ4v) is 7.09. The molecule has 2 N–H and O–H groups in total. The van der Waals surface area contributed by atoms with Crippen molar-refractivity contribution in [2.24, 2.45) is 17.3 Å². The lowest BCUT2D eigenvalue weighted by atomic mass is 9.72. The zero-order valence-corrected chi connectivity index (χ0v) is 24.0. The number of carbonyl (C=O) groups is 2. The Hall–Kier alpha value is -3.10. The van der Waals surface area contributed by atoms with Crippen molar-refractivity contribution in [1.82, 2.24) is 9.88 Å². The van der Waals surface area contributed by atoms with E-state index in [2.05, 4.69) is 10.3 Å². The lowest BCUT2D eigenvalue weighted by molar-refractivity contribution is -0.154. The van der Waals surface area contributed by atoms with Crippen LogP contribution in [-0.2, 0) is 15.8 Å². The molecule has 2 aromatic rings. The minimum absolute atomic E-state index is 0.0269. The minimum atomic E-state index is -4.55. The molecule has 3 aliphatic rings. The molecule has 2 aliphatic carbocycles. The first kappa shape index (κ1) is 29.4. The SMILES string of the molecule is CC(C)(C)[C@H]1[C@H](Nc2cc(C(F)(F)F)cc(C3CCC3)n2)[C@H](c2ccccc2)N(C(=O)C2CCCCC2)[C@@H]1C(=O)O. The fraction of sp³-hybridized carbons (Fsp3) is 0.594. The van der Waals surface area contributed by atoms with Gasteiger partial charge in [0.1, 0.15) is 11.9 Å². The lowest BCUT2D eigenvalue weighted by Gasteiger charge is -2.36. The zero-order chi connectivity index (χ0) is 29.5. The van der Waals surface area contributed by atoms with Gasteiger partial charge in [-0.1, -0.05) is 76.8 Å². The summed E-state index contributed by atoms with van der Waals surface area (Å²) in [6.07, 6.45) is 2.28. The van der Waals surface area contributed by atoms with E-state index in [9.17, 15) is 27.9 Å². The first-order valence-corrected chi connectivity index (χ1v) is 14.8. The van der Waals surface area contributed by atoms with E-state index in [1.54, 1.807) is 4.90 Å². The summed E-state index contributed by atoms with van der Waals surface area (Å²) in [5, 5.41) is 13.9. The summed E-state index contributed by atoms with van der Waals surface area (Å²) < 4.78 is 42.0. The molecule has 3 fully saturated rings. The largest absolute Gasteiger partial charge is 0.480 e. The van der Waals surface area contributed by atoms with E-state index < -0.39 is 47.2 Å². The van der Waals surface area contributed by atoms with E-state index in [4.69, 9.17) is 0 Å². The Labute approximate surface area is 239 Å². The molecule has 0 unspecified atom stereocenters. The molecule has 1 aromatic heterocycles. The summed E-state index contributed by atoms with van der Waals surface area (Å²) in [5.74, 6) is -2.13. The van der Waals surface area contributed by atoms with Gasteiger partial charge in [-0.2, -0.15) is 13.2 Å². The predicted molar refractivity (Wildman–Crippen MR) is 150 cm³/mol. The summed E-state index contributed by atoms with van der Waals surface area (Å²) in [6, 6.07) is 8.89. The number of hydrogen-bond acceptors (Lipinski definition) is 4. The molecule has 0 radical (unpaired) electrons. The third-order valence-electron chi connectivity index (χ3n) is 9.28. The molecule has 222 valence electrons. The Kier molecular flexibility index (Phi) is 8.09. The molecule has 41 heavy (non-hydrogen) atoms. The van der Waals surface area contributed by atoms with Gasteiger partial charge >= 0.3 is 12.1 Å². The summed E-state index contributed by atoms with van der Waals surface area (Å²) in [5.41, 5.74) is -0.227. The van der Waals surface area contributed by atoms with Crippen molar-refractivity contribution in [3.63, 3.8) is 0 Å². The van der Waals surface area contributed by atoms with Gasteiger partial charge in [0.2, 0.25) is 5.91 Å². The number of halogens is 3. The molecular weight excluding hydrogens is 531 g/mol. The van der Waals surface area contributed by atoms with Crippen LogP contribution in [0.3, 0.4) is 0 Å². The number of likely N-dealkylation sites (tertiary alicyclic amines) is 1. The van der Waals surface area contributed by atoms with Crippen molar-refractivity contribution >= 4 is 17.7 Å². The number of aliphatic carboxylic acids is 1. The van der Waals surface area contributed by atoms with Gasteiger partial charge in [0.05, 0.1) is 17.6 Å². The number of pyridine rings is 1. The van der Waals surface area contributed by atoms with Crippen LogP contribution in [0.5, 0.6) is 0 Å². The number of nitrogens with one attached hydrogen (secondary N) is 1. The summed E-state index contributed by atoms with van der Waals surface area (Å²) in [7, 11) is 0. The quantitative estimate of drug-likeness (QED) is 0.377. The molecule has 9 heteroatoms. The first-order chi connectivity index (χ1) is 19.4. The van der Waals surface area contributed by atoms with Crippen LogP contribution >= 0.6 is 0 Å². The van der Waals surface area contributed by atoms with Crippen LogP contribution in [-0.4, -0.2) is 39.0 Å². The molecule has 1 aromatic carbocycles. The Bertz CT molecular complexity index is 1250. The van der Waals surface area contributed by atoms with Gasteiger partial charge in [-0.15, -0.1) is 0 Å². The molecule has 0 bridgehead atoms. The van der Waals surface area contributed by atoms with Crippen LogP contribution in [0, 0.1) is 17.3 Å². The second-order valence-electron chi connectivity index (χ2n) is 13.1. The maximum atomic E-state index is 14.2. The van der Waals surface area contributed by atoms with Gasteiger partial charge in [0.25, 0.3) is 0 Å². The van der Waals surface area contributed by atoms with Gasteiger partial charge in [-0.3, -0.25) is 4.79 Å². The second kappa shape index (κ2) is 11.3. The number of rotatable bonds is 6. The number of carboxylic acid groups (broad SMARTS) is 1. The Morgan fingerprint density at radius 1 is 0.951 bits per heavy atom. The van der Waals surface area contributed by atoms with Crippen molar-refractivity contribution in [3.05, 3.63) is 59.3 Å². The first-order valence-electron chi connectivity index (χ1n) is 14.8. The van der Waals surface area contributed by atoms with Gasteiger partial charge < -0.3 is 15.3 Å². The Morgan fingerprint density at radius 2 is 1.61 bits per heavy atom. The monoisotopic (exact) mass is 571 g/mol. The van der Waals surface area contributed by atoms with E-state index in [0.29, 0.717) is 18.5 Å². The third-order valence-corrected chi connectivity index (χ3v) is 9.28. The number of aromatic nitrogens is 1. The molecule has 2 saturated carbocycles. The third kappa shape index (κ3) is 5.95. The maximum absolute atomic E-state index is 14.2. The number of benzene rings is 1. The molecular formula is C32H40F3N3O3. The van der Waals surface area contributed by atoms with Crippen LogP contribution in [0.4, 0.5) is 19.0 Å². The highest BCUT2D eigenvalue weighted by atomic mass is 19.4. The molecule has 0 spiro atoms. The number of carboxylic acids is 1. The molecule has 5 rings (SSSR count). The Balaban J connectivity index is 1.65. The summed E-state index contributed by atoms with van der Waals surface area (Å²) >= 11 is 0. The topological polar surface area (TPSA) is 82.5 Å². The van der Waals surface area contributed by atoms with Crippen LogP contribution in [0.2, 0.25) is 0 Å². The number of nitrogens with zero attached hydrogens (tertiary/aromatic N) is 2. The maximum Gasteiger partial charge on any atom is 0.416 e. The smallest absolute Gasteiger partial charge is 0.416 e. The Morgan fingerprint density at radius 3 is 2.15 bits per heavy atom. The highest BCUT2D eigenvalue weighted by molar-refractivity contribution is 5.87. The predicted octanol–water partition coefficient (Wildman–Crippen LogP) is 7.43. The van der Waals surface area contributed by atoms with Crippen LogP contribution < -0.4 is 5.32 Å². The lowest BCUT2D eigenvalue weighted by Crippen LogP contribution is -2.49. The van der Waals surface area contributed by atoms with E-state index in [1.165, 1.54) is 0 Å². The number of carbonyl (C=O) groups excluding carboxylic acids is 1. The number of hydrogen-bond donors (Lipinski definition) is 2. The van der Waals surface area contributed by atoms with Crippen LogP contribution in [0.1, 0.15) is 101 Å². The summed E-state index contributed by atoms with van der Waals surface area (Å²) in [6.45, 7) is 5.79. The minimum Gasteiger partial charge on any atom is -0.480 e. The van der Waals surface area contributed by atoms with Crippen molar-refractivity contribution in [1.29, 1.82) is 0 Å². The number of anilines is 1. The van der Waals surface area contributed by atoms with Crippen LogP contribution in [0.25, 0.3) is 0 Å². The van der Waals surface area contributed by atoms with Crippen molar-refractivity contribution in [3.8, 4) is 0 Å². The van der Waals surface area contributed by atoms with Crippen molar-refractivity contribution in [2.45, 2.75) is 102 Å². The van der Waals surface area contributed by atoms with Gasteiger partial charge in [-0.05, 0) is 48.8 Å². The second-order valence-corrected chi connectivity index (χ2v) is 13.1. The normalized spacial score (nSPS) is 26.0. The highest BCUT2D eigenvalue weighted by Gasteiger charge is 2.58. The van der Waals surface area contributed by atoms with E-state index in [0.717, 1.165) is 56.2 Å². The van der Waals surface area contributed by atoms with Gasteiger partial charge in [0, 0.05) is 23.4 Å². The van der Waals surface area contributed by atoms with Gasteiger partial charge in [0.15, 0.2) is 0 Å². The van der Waals surface area contributed by atoms with Gasteiger partial charge in [-0.25, -0.2) is 9.78 Å². The average Bonchev–Trinajstić information content (AvgIpc) is 3.23. The number of amides is 1. The molecule has 1 aliphatic heterocycles. The molecule has 1 amide bonds. The van der Waals surface area contributed by atoms with Crippen LogP contribution in [0.15, 0.2) is 42.5 Å².